The summed E-state index contributed by atoms with van der Waals surface area (Å²) in [5.74, 6) is 0.0949. The second kappa shape index (κ2) is 7.83. The number of alkyl halides is 3. The van der Waals surface area contributed by atoms with E-state index in [2.05, 4.69) is 10.3 Å². The van der Waals surface area contributed by atoms with Crippen molar-refractivity contribution in [1.29, 1.82) is 0 Å². The van der Waals surface area contributed by atoms with Crippen molar-refractivity contribution in [2.45, 2.75) is 43.8 Å². The van der Waals surface area contributed by atoms with Crippen molar-refractivity contribution >= 4 is 5.91 Å². The van der Waals surface area contributed by atoms with Gasteiger partial charge in [-0.2, -0.15) is 13.2 Å². The van der Waals surface area contributed by atoms with Gasteiger partial charge in [-0.1, -0.05) is 18.6 Å². The normalized spacial score (nSPS) is 16.4. The molecule has 4 rings (SSSR count). The number of hydrogen-bond donors (Lipinski definition) is 1. The Bertz CT molecular complexity index is 1070. The van der Waals surface area contributed by atoms with Crippen molar-refractivity contribution in [3.63, 3.8) is 0 Å². The molecule has 31 heavy (non-hydrogen) atoms. The molecular formula is C23H20F4N2O2. The zero-order valence-electron chi connectivity index (χ0n) is 16.7. The van der Waals surface area contributed by atoms with Crippen LogP contribution in [-0.4, -0.2) is 10.9 Å². The summed E-state index contributed by atoms with van der Waals surface area (Å²) in [7, 11) is 0. The van der Waals surface area contributed by atoms with Gasteiger partial charge in [0.15, 0.2) is 5.76 Å². The predicted octanol–water partition coefficient (Wildman–Crippen LogP) is 5.80. The van der Waals surface area contributed by atoms with Crippen molar-refractivity contribution in [3.8, 4) is 11.3 Å². The number of amides is 1. The standard InChI is InChI=1S/C23H20F4N2O2/c1-14(20-28-13-19(31-20)15-3-9-18(24)10-4-15)29-21(30)22(11-2-12-22)16-5-7-17(8-6-16)23(25,26)27/h3-10,13-14H,2,11-12H2,1H3,(H,29,30). The fraction of sp³-hybridized carbons (Fsp3) is 0.304. The Morgan fingerprint density at radius 3 is 2.29 bits per heavy atom. The second-order valence-electron chi connectivity index (χ2n) is 7.78. The molecule has 1 unspecified atom stereocenters. The lowest BCUT2D eigenvalue weighted by Crippen LogP contribution is -2.49. The van der Waals surface area contributed by atoms with E-state index in [9.17, 15) is 22.4 Å². The van der Waals surface area contributed by atoms with Crippen LogP contribution in [0.1, 0.15) is 49.2 Å². The third-order valence-electron chi connectivity index (χ3n) is 5.78. The highest BCUT2D eigenvalue weighted by Crippen LogP contribution is 2.45. The first-order valence-electron chi connectivity index (χ1n) is 9.89. The average Bonchev–Trinajstić information content (AvgIpc) is 3.18. The van der Waals surface area contributed by atoms with E-state index in [0.29, 0.717) is 29.7 Å². The molecule has 8 heteroatoms. The van der Waals surface area contributed by atoms with Gasteiger partial charge in [-0.25, -0.2) is 9.37 Å². The van der Waals surface area contributed by atoms with E-state index >= 15 is 0 Å². The number of hydrogen-bond acceptors (Lipinski definition) is 3. The Labute approximate surface area is 176 Å². The molecule has 0 spiro atoms. The zero-order chi connectivity index (χ0) is 22.2. The summed E-state index contributed by atoms with van der Waals surface area (Å²) >= 11 is 0. The molecule has 1 aliphatic carbocycles. The summed E-state index contributed by atoms with van der Waals surface area (Å²) in [4.78, 5) is 17.3. The molecule has 1 amide bonds. The van der Waals surface area contributed by atoms with Crippen molar-refractivity contribution in [1.82, 2.24) is 10.3 Å². The van der Waals surface area contributed by atoms with Gasteiger partial charge in [0.1, 0.15) is 11.9 Å². The molecule has 3 aromatic rings. The maximum absolute atomic E-state index is 13.1. The van der Waals surface area contributed by atoms with Gasteiger partial charge in [-0.15, -0.1) is 0 Å². The Hall–Kier alpha value is -3.16. The summed E-state index contributed by atoms with van der Waals surface area (Å²) in [6.07, 6.45) is -0.987. The molecule has 1 aliphatic rings. The molecule has 0 radical (unpaired) electrons. The number of rotatable bonds is 5. The lowest BCUT2D eigenvalue weighted by atomic mass is 9.63. The van der Waals surface area contributed by atoms with Crippen LogP contribution in [0.15, 0.2) is 59.1 Å². The fourth-order valence-corrected chi connectivity index (χ4v) is 3.79. The van der Waals surface area contributed by atoms with E-state index in [4.69, 9.17) is 4.42 Å². The highest BCUT2D eigenvalue weighted by Gasteiger charge is 2.46. The second-order valence-corrected chi connectivity index (χ2v) is 7.78. The molecule has 1 saturated carbocycles. The highest BCUT2D eigenvalue weighted by molar-refractivity contribution is 5.89. The number of oxazole rings is 1. The molecule has 162 valence electrons. The molecule has 0 bridgehead atoms. The van der Waals surface area contributed by atoms with Crippen LogP contribution in [0.4, 0.5) is 17.6 Å². The van der Waals surface area contributed by atoms with E-state index in [1.165, 1.54) is 30.5 Å². The monoisotopic (exact) mass is 432 g/mol. The van der Waals surface area contributed by atoms with Gasteiger partial charge in [0, 0.05) is 5.56 Å². The van der Waals surface area contributed by atoms with E-state index in [-0.39, 0.29) is 17.6 Å². The van der Waals surface area contributed by atoms with Crippen LogP contribution in [0.2, 0.25) is 0 Å². The van der Waals surface area contributed by atoms with Crippen LogP contribution in [-0.2, 0) is 16.4 Å². The van der Waals surface area contributed by atoms with Crippen LogP contribution in [0.25, 0.3) is 11.3 Å². The molecule has 1 atom stereocenters. The topological polar surface area (TPSA) is 55.1 Å². The zero-order valence-corrected chi connectivity index (χ0v) is 16.7. The first kappa shape index (κ1) is 21.1. The van der Waals surface area contributed by atoms with Crippen LogP contribution in [0, 0.1) is 5.82 Å². The number of benzene rings is 2. The van der Waals surface area contributed by atoms with Crippen molar-refractivity contribution in [3.05, 3.63) is 77.6 Å². The quantitative estimate of drug-likeness (QED) is 0.519. The Kier molecular flexibility index (Phi) is 5.33. The first-order chi connectivity index (χ1) is 14.7. The maximum Gasteiger partial charge on any atom is 0.416 e. The van der Waals surface area contributed by atoms with Crippen LogP contribution < -0.4 is 5.32 Å². The third kappa shape index (κ3) is 4.06. The number of carbonyl (C=O) groups excluding carboxylic acids is 1. The summed E-state index contributed by atoms with van der Waals surface area (Å²) in [5, 5.41) is 2.88. The molecule has 4 nitrogen and oxygen atoms in total. The minimum atomic E-state index is -4.42. The smallest absolute Gasteiger partial charge is 0.416 e. The van der Waals surface area contributed by atoms with E-state index < -0.39 is 23.2 Å². The molecular weight excluding hydrogens is 412 g/mol. The number of halogens is 4. The van der Waals surface area contributed by atoms with Crippen molar-refractivity contribution in [2.24, 2.45) is 0 Å². The molecule has 0 aliphatic heterocycles. The van der Waals surface area contributed by atoms with Gasteiger partial charge in [0.05, 0.1) is 17.2 Å². The summed E-state index contributed by atoms with van der Waals surface area (Å²) in [5.41, 5.74) is -0.382. The van der Waals surface area contributed by atoms with Crippen LogP contribution in [0.5, 0.6) is 0 Å². The minimum Gasteiger partial charge on any atom is -0.438 e. The van der Waals surface area contributed by atoms with Crippen LogP contribution in [0.3, 0.4) is 0 Å². The number of nitrogens with one attached hydrogen (secondary N) is 1. The molecule has 0 saturated heterocycles. The number of carbonyl (C=O) groups is 1. The third-order valence-corrected chi connectivity index (χ3v) is 5.78. The fourth-order valence-electron chi connectivity index (χ4n) is 3.79. The van der Waals surface area contributed by atoms with Gasteiger partial charge in [0.25, 0.3) is 0 Å². The highest BCUT2D eigenvalue weighted by atomic mass is 19.4. The van der Waals surface area contributed by atoms with E-state index in [0.717, 1.165) is 18.6 Å². The Morgan fingerprint density at radius 2 is 1.74 bits per heavy atom. The van der Waals surface area contributed by atoms with Gasteiger partial charge in [0.2, 0.25) is 11.8 Å². The molecule has 2 aromatic carbocycles. The minimum absolute atomic E-state index is 0.271. The van der Waals surface area contributed by atoms with E-state index in [1.807, 2.05) is 0 Å². The molecule has 1 aromatic heterocycles. The van der Waals surface area contributed by atoms with Gasteiger partial charge >= 0.3 is 6.18 Å². The van der Waals surface area contributed by atoms with E-state index in [1.54, 1.807) is 19.1 Å². The first-order valence-corrected chi connectivity index (χ1v) is 9.89. The molecule has 1 fully saturated rings. The largest absolute Gasteiger partial charge is 0.438 e. The summed E-state index contributed by atoms with van der Waals surface area (Å²) in [6.45, 7) is 1.72. The lowest BCUT2D eigenvalue weighted by molar-refractivity contribution is -0.137. The number of nitrogens with zero attached hydrogens (tertiary/aromatic N) is 1. The average molecular weight is 432 g/mol. The van der Waals surface area contributed by atoms with Gasteiger partial charge in [-0.3, -0.25) is 4.79 Å². The van der Waals surface area contributed by atoms with Crippen molar-refractivity contribution in [2.75, 3.05) is 0 Å². The number of aromatic nitrogens is 1. The lowest BCUT2D eigenvalue weighted by Gasteiger charge is -2.41. The van der Waals surface area contributed by atoms with Gasteiger partial charge in [-0.05, 0) is 61.7 Å². The molecule has 1 N–H and O–H groups in total. The van der Waals surface area contributed by atoms with Crippen LogP contribution >= 0.6 is 0 Å². The van der Waals surface area contributed by atoms with Crippen molar-refractivity contribution < 1.29 is 26.8 Å². The molecule has 1 heterocycles. The summed E-state index contributed by atoms with van der Waals surface area (Å²) < 4.78 is 57.4. The predicted molar refractivity (Wildman–Crippen MR) is 105 cm³/mol. The SMILES string of the molecule is CC(NC(=O)C1(c2ccc(C(F)(F)F)cc2)CCC1)c1ncc(-c2ccc(F)cc2)o1. The van der Waals surface area contributed by atoms with Gasteiger partial charge < -0.3 is 9.73 Å². The Morgan fingerprint density at radius 1 is 1.10 bits per heavy atom. The summed E-state index contributed by atoms with van der Waals surface area (Å²) in [6, 6.07) is 9.99. The maximum atomic E-state index is 13.1. The Balaban J connectivity index is 1.49.